The lowest BCUT2D eigenvalue weighted by molar-refractivity contribution is -0.133. The van der Waals surface area contributed by atoms with Crippen LogP contribution in [0.3, 0.4) is 0 Å². The molecule has 4 heteroatoms. The molecule has 0 amide bonds. The second kappa shape index (κ2) is 3.91. The number of nitrogens with two attached hydrogens (primary N) is 1. The van der Waals surface area contributed by atoms with Gasteiger partial charge in [0, 0.05) is 11.3 Å². The van der Waals surface area contributed by atoms with Gasteiger partial charge in [0.15, 0.2) is 0 Å². The summed E-state index contributed by atoms with van der Waals surface area (Å²) >= 11 is 0. The number of benzene rings is 1. The van der Waals surface area contributed by atoms with E-state index in [9.17, 15) is 9.18 Å². The van der Waals surface area contributed by atoms with E-state index in [0.717, 1.165) is 0 Å². The first-order chi connectivity index (χ1) is 6.57. The maximum atomic E-state index is 13.2. The number of methoxy groups -OCH3 is 1. The number of anilines is 1. The molecule has 0 bridgehead atoms. The molecular formula is C10H10FNO2. The van der Waals surface area contributed by atoms with Gasteiger partial charge in [-0.2, -0.15) is 0 Å². The standard InChI is InChI=1S/C10H10FNO2/c1-6(10(13)14-2)9-7(11)4-3-5-8(9)12/h3-5H,1,12H2,2H3. The van der Waals surface area contributed by atoms with Crippen molar-refractivity contribution in [2.75, 3.05) is 12.8 Å². The fraction of sp³-hybridized carbons (Fsp3) is 0.100. The van der Waals surface area contributed by atoms with E-state index in [0.29, 0.717) is 0 Å². The average molecular weight is 195 g/mol. The Kier molecular flexibility index (Phi) is 2.86. The molecule has 0 aromatic heterocycles. The van der Waals surface area contributed by atoms with Crippen LogP contribution in [0.2, 0.25) is 0 Å². The highest BCUT2D eigenvalue weighted by Gasteiger charge is 2.16. The molecular weight excluding hydrogens is 185 g/mol. The lowest BCUT2D eigenvalue weighted by Crippen LogP contribution is -2.06. The molecule has 0 saturated carbocycles. The van der Waals surface area contributed by atoms with Crippen LogP contribution in [0, 0.1) is 5.82 Å². The Balaban J connectivity index is 3.19. The van der Waals surface area contributed by atoms with E-state index >= 15 is 0 Å². The van der Waals surface area contributed by atoms with Crippen molar-refractivity contribution < 1.29 is 13.9 Å². The predicted molar refractivity (Wildman–Crippen MR) is 51.9 cm³/mol. The van der Waals surface area contributed by atoms with Gasteiger partial charge in [-0.1, -0.05) is 12.6 Å². The highest BCUT2D eigenvalue weighted by molar-refractivity contribution is 6.17. The van der Waals surface area contributed by atoms with E-state index in [1.165, 1.54) is 25.3 Å². The number of carbonyl (C=O) groups is 1. The van der Waals surface area contributed by atoms with Crippen LogP contribution in [-0.2, 0) is 9.53 Å². The Morgan fingerprint density at radius 3 is 2.71 bits per heavy atom. The Morgan fingerprint density at radius 1 is 1.57 bits per heavy atom. The molecule has 0 aliphatic rings. The van der Waals surface area contributed by atoms with Gasteiger partial charge in [-0.25, -0.2) is 9.18 Å². The fourth-order valence-electron chi connectivity index (χ4n) is 1.08. The maximum absolute atomic E-state index is 13.2. The maximum Gasteiger partial charge on any atom is 0.338 e. The first-order valence-corrected chi connectivity index (χ1v) is 3.89. The molecule has 0 unspecified atom stereocenters. The second-order valence-corrected chi connectivity index (χ2v) is 2.67. The molecule has 1 aromatic rings. The van der Waals surface area contributed by atoms with E-state index in [2.05, 4.69) is 11.3 Å². The third-order valence-corrected chi connectivity index (χ3v) is 1.78. The van der Waals surface area contributed by atoms with Crippen molar-refractivity contribution in [3.8, 4) is 0 Å². The van der Waals surface area contributed by atoms with Crippen LogP contribution in [0.4, 0.5) is 10.1 Å². The number of hydrogen-bond donors (Lipinski definition) is 1. The van der Waals surface area contributed by atoms with Gasteiger partial charge < -0.3 is 10.5 Å². The molecule has 0 fully saturated rings. The molecule has 0 heterocycles. The molecule has 0 spiro atoms. The molecule has 0 atom stereocenters. The lowest BCUT2D eigenvalue weighted by Gasteiger charge is -2.07. The van der Waals surface area contributed by atoms with E-state index in [-0.39, 0.29) is 16.8 Å². The first kappa shape index (κ1) is 10.2. The van der Waals surface area contributed by atoms with Crippen molar-refractivity contribution in [1.29, 1.82) is 0 Å². The van der Waals surface area contributed by atoms with E-state index in [1.807, 2.05) is 0 Å². The smallest absolute Gasteiger partial charge is 0.338 e. The van der Waals surface area contributed by atoms with Gasteiger partial charge in [-0.3, -0.25) is 0 Å². The lowest BCUT2D eigenvalue weighted by atomic mass is 10.1. The molecule has 0 aliphatic heterocycles. The molecule has 1 aromatic carbocycles. The molecule has 3 nitrogen and oxygen atoms in total. The van der Waals surface area contributed by atoms with Crippen molar-refractivity contribution in [3.05, 3.63) is 36.2 Å². The minimum absolute atomic E-state index is 0.000602. The van der Waals surface area contributed by atoms with Gasteiger partial charge in [-0.05, 0) is 12.1 Å². The first-order valence-electron chi connectivity index (χ1n) is 3.89. The van der Waals surface area contributed by atoms with Crippen molar-refractivity contribution >= 4 is 17.2 Å². The summed E-state index contributed by atoms with van der Waals surface area (Å²) in [4.78, 5) is 11.1. The fourth-order valence-corrected chi connectivity index (χ4v) is 1.08. The zero-order valence-corrected chi connectivity index (χ0v) is 7.71. The summed E-state index contributed by atoms with van der Waals surface area (Å²) in [6.07, 6.45) is 0. The number of halogens is 1. The van der Waals surface area contributed by atoms with Crippen LogP contribution in [0.1, 0.15) is 5.56 Å². The van der Waals surface area contributed by atoms with Gasteiger partial charge in [-0.15, -0.1) is 0 Å². The van der Waals surface area contributed by atoms with E-state index < -0.39 is 11.8 Å². The normalized spacial score (nSPS) is 9.57. The van der Waals surface area contributed by atoms with Crippen LogP contribution in [0.15, 0.2) is 24.8 Å². The van der Waals surface area contributed by atoms with Crippen LogP contribution in [0.5, 0.6) is 0 Å². The minimum Gasteiger partial charge on any atom is -0.465 e. The van der Waals surface area contributed by atoms with Crippen LogP contribution in [0.25, 0.3) is 5.57 Å². The number of carbonyl (C=O) groups excluding carboxylic acids is 1. The Morgan fingerprint density at radius 2 is 2.21 bits per heavy atom. The topological polar surface area (TPSA) is 52.3 Å². The summed E-state index contributed by atoms with van der Waals surface area (Å²) < 4.78 is 17.7. The number of nitrogen functional groups attached to an aromatic ring is 1. The Bertz CT molecular complexity index is 367. The van der Waals surface area contributed by atoms with Crippen LogP contribution < -0.4 is 5.73 Å². The van der Waals surface area contributed by atoms with Gasteiger partial charge in [0.05, 0.1) is 12.7 Å². The molecule has 1 rings (SSSR count). The number of ether oxygens (including phenoxy) is 1. The Labute approximate surface area is 81.0 Å². The van der Waals surface area contributed by atoms with Crippen LogP contribution in [-0.4, -0.2) is 13.1 Å². The monoisotopic (exact) mass is 195 g/mol. The number of esters is 1. The van der Waals surface area contributed by atoms with Gasteiger partial charge in [0.1, 0.15) is 5.82 Å². The molecule has 74 valence electrons. The molecule has 0 aliphatic carbocycles. The third kappa shape index (κ3) is 1.74. The third-order valence-electron chi connectivity index (χ3n) is 1.78. The summed E-state index contributed by atoms with van der Waals surface area (Å²) in [6, 6.07) is 4.16. The van der Waals surface area contributed by atoms with Crippen molar-refractivity contribution in [2.45, 2.75) is 0 Å². The minimum atomic E-state index is -0.693. The molecule has 14 heavy (non-hydrogen) atoms. The highest BCUT2D eigenvalue weighted by atomic mass is 19.1. The van der Waals surface area contributed by atoms with Gasteiger partial charge in [0.2, 0.25) is 0 Å². The van der Waals surface area contributed by atoms with E-state index in [1.54, 1.807) is 0 Å². The summed E-state index contributed by atoms with van der Waals surface area (Å²) in [5.41, 5.74) is 5.59. The summed E-state index contributed by atoms with van der Waals surface area (Å²) in [5.74, 6) is -1.28. The van der Waals surface area contributed by atoms with Crippen LogP contribution >= 0.6 is 0 Å². The second-order valence-electron chi connectivity index (χ2n) is 2.67. The summed E-state index contributed by atoms with van der Waals surface area (Å²) in [6.45, 7) is 3.42. The van der Waals surface area contributed by atoms with Gasteiger partial charge in [0.25, 0.3) is 0 Å². The van der Waals surface area contributed by atoms with Crippen molar-refractivity contribution in [2.24, 2.45) is 0 Å². The summed E-state index contributed by atoms with van der Waals surface area (Å²) in [7, 11) is 1.20. The van der Waals surface area contributed by atoms with E-state index in [4.69, 9.17) is 5.73 Å². The zero-order valence-electron chi connectivity index (χ0n) is 7.71. The van der Waals surface area contributed by atoms with Gasteiger partial charge >= 0.3 is 5.97 Å². The Hall–Kier alpha value is -1.84. The summed E-state index contributed by atoms with van der Waals surface area (Å²) in [5, 5.41) is 0. The molecule has 2 N–H and O–H groups in total. The van der Waals surface area contributed by atoms with Crippen molar-refractivity contribution in [1.82, 2.24) is 0 Å². The highest BCUT2D eigenvalue weighted by Crippen LogP contribution is 2.23. The average Bonchev–Trinajstić information content (AvgIpc) is 2.16. The number of hydrogen-bond acceptors (Lipinski definition) is 3. The number of rotatable bonds is 2. The quantitative estimate of drug-likeness (QED) is 0.443. The largest absolute Gasteiger partial charge is 0.465 e. The molecule has 0 radical (unpaired) electrons. The van der Waals surface area contributed by atoms with Crippen molar-refractivity contribution in [3.63, 3.8) is 0 Å². The molecule has 0 saturated heterocycles. The zero-order chi connectivity index (χ0) is 10.7. The SMILES string of the molecule is C=C(C(=O)OC)c1c(N)cccc1F. The predicted octanol–water partition coefficient (Wildman–Crippen LogP) is 1.59.